The predicted octanol–water partition coefficient (Wildman–Crippen LogP) is 2.12. The molecule has 1 aromatic carbocycles. The maximum Gasteiger partial charge on any atom is 0.126 e. The smallest absolute Gasteiger partial charge is 0.126 e. The van der Waals surface area contributed by atoms with Gasteiger partial charge in [0, 0.05) is 37.5 Å². The Labute approximate surface area is 119 Å². The molecule has 0 radical (unpaired) electrons. The van der Waals surface area contributed by atoms with Gasteiger partial charge in [-0.05, 0) is 31.0 Å². The first-order valence-electron chi connectivity index (χ1n) is 7.48. The molecule has 4 nitrogen and oxygen atoms in total. The third-order valence-corrected chi connectivity index (χ3v) is 4.88. The zero-order valence-corrected chi connectivity index (χ0v) is 11.8. The summed E-state index contributed by atoms with van der Waals surface area (Å²) in [7, 11) is 1.64. The Hall–Kier alpha value is -1.26. The minimum atomic E-state index is -0.451. The first kappa shape index (κ1) is 12.5. The highest BCUT2D eigenvalue weighted by Gasteiger charge is 2.48. The Morgan fingerprint density at radius 2 is 2.25 bits per heavy atom. The summed E-state index contributed by atoms with van der Waals surface area (Å²) in [6, 6.07) is 6.49. The summed E-state index contributed by atoms with van der Waals surface area (Å²) in [5.74, 6) is 1.59. The third-order valence-electron chi connectivity index (χ3n) is 4.88. The SMILES string of the molecule is COc1ccc2c(c1)[C@H](O)CC1(CCN(C3CC3)C1)O2. The van der Waals surface area contributed by atoms with Crippen molar-refractivity contribution in [2.24, 2.45) is 0 Å². The van der Waals surface area contributed by atoms with E-state index >= 15 is 0 Å². The van der Waals surface area contributed by atoms with Crippen LogP contribution in [0.2, 0.25) is 0 Å². The maximum absolute atomic E-state index is 10.5. The van der Waals surface area contributed by atoms with Gasteiger partial charge in [0.25, 0.3) is 0 Å². The second kappa shape index (κ2) is 4.37. The predicted molar refractivity (Wildman–Crippen MR) is 75.1 cm³/mol. The van der Waals surface area contributed by atoms with Crippen molar-refractivity contribution in [3.63, 3.8) is 0 Å². The van der Waals surface area contributed by atoms with Crippen molar-refractivity contribution in [3.8, 4) is 11.5 Å². The van der Waals surface area contributed by atoms with Crippen molar-refractivity contribution in [1.82, 2.24) is 4.90 Å². The van der Waals surface area contributed by atoms with E-state index in [0.717, 1.165) is 42.6 Å². The first-order valence-corrected chi connectivity index (χ1v) is 7.48. The van der Waals surface area contributed by atoms with Crippen LogP contribution in [0.25, 0.3) is 0 Å². The molecule has 0 aromatic heterocycles. The monoisotopic (exact) mass is 275 g/mol. The molecule has 2 fully saturated rings. The van der Waals surface area contributed by atoms with Gasteiger partial charge in [-0.1, -0.05) is 0 Å². The zero-order valence-electron chi connectivity index (χ0n) is 11.8. The van der Waals surface area contributed by atoms with Crippen molar-refractivity contribution in [2.45, 2.75) is 43.4 Å². The fourth-order valence-electron chi connectivity index (χ4n) is 3.62. The molecule has 1 N–H and O–H groups in total. The lowest BCUT2D eigenvalue weighted by atomic mass is 9.88. The lowest BCUT2D eigenvalue weighted by Gasteiger charge is -2.38. The van der Waals surface area contributed by atoms with Gasteiger partial charge in [-0.25, -0.2) is 0 Å². The number of aliphatic hydroxyl groups is 1. The Bertz CT molecular complexity index is 528. The van der Waals surface area contributed by atoms with E-state index in [4.69, 9.17) is 9.47 Å². The van der Waals surface area contributed by atoms with Gasteiger partial charge >= 0.3 is 0 Å². The summed E-state index contributed by atoms with van der Waals surface area (Å²) in [4.78, 5) is 2.53. The zero-order chi connectivity index (χ0) is 13.7. The summed E-state index contributed by atoms with van der Waals surface area (Å²) >= 11 is 0. The van der Waals surface area contributed by atoms with Gasteiger partial charge in [0.1, 0.15) is 17.1 Å². The molecule has 1 saturated carbocycles. The number of methoxy groups -OCH3 is 1. The summed E-state index contributed by atoms with van der Waals surface area (Å²) in [6.07, 6.45) is 3.91. The Morgan fingerprint density at radius 1 is 1.40 bits per heavy atom. The number of likely N-dealkylation sites (tertiary alicyclic amines) is 1. The second-order valence-electron chi connectivity index (χ2n) is 6.36. The van der Waals surface area contributed by atoms with Crippen LogP contribution >= 0.6 is 0 Å². The number of ether oxygens (including phenoxy) is 2. The van der Waals surface area contributed by atoms with Crippen LogP contribution in [0.4, 0.5) is 0 Å². The molecular weight excluding hydrogens is 254 g/mol. The maximum atomic E-state index is 10.5. The molecule has 2 aliphatic heterocycles. The van der Waals surface area contributed by atoms with Crippen LogP contribution in [0.5, 0.6) is 11.5 Å². The van der Waals surface area contributed by atoms with E-state index in [1.54, 1.807) is 7.11 Å². The minimum absolute atomic E-state index is 0.191. The molecule has 2 heterocycles. The standard InChI is InChI=1S/C16H21NO3/c1-19-12-4-5-15-13(8-12)14(18)9-16(20-15)6-7-17(10-16)11-2-3-11/h4-5,8,11,14,18H,2-3,6-7,9-10H2,1H3/t14-,16?/m1/s1. The van der Waals surface area contributed by atoms with E-state index in [0.29, 0.717) is 6.42 Å². The van der Waals surface area contributed by atoms with Gasteiger partial charge in [-0.15, -0.1) is 0 Å². The molecule has 4 heteroatoms. The topological polar surface area (TPSA) is 41.9 Å². The third kappa shape index (κ3) is 1.98. The van der Waals surface area contributed by atoms with E-state index in [1.165, 1.54) is 12.8 Å². The lowest BCUT2D eigenvalue weighted by Crippen LogP contribution is -2.44. The van der Waals surface area contributed by atoms with Crippen molar-refractivity contribution in [2.75, 3.05) is 20.2 Å². The van der Waals surface area contributed by atoms with Crippen LogP contribution in [0.1, 0.15) is 37.4 Å². The lowest BCUT2D eigenvalue weighted by molar-refractivity contribution is -0.00777. The molecule has 1 unspecified atom stereocenters. The molecule has 108 valence electrons. The molecule has 3 aliphatic rings. The fraction of sp³-hybridized carbons (Fsp3) is 0.625. The number of aliphatic hydroxyl groups excluding tert-OH is 1. The number of fused-ring (bicyclic) bond motifs is 1. The largest absolute Gasteiger partial charge is 0.497 e. The normalized spacial score (nSPS) is 33.0. The minimum Gasteiger partial charge on any atom is -0.497 e. The molecule has 0 bridgehead atoms. The Morgan fingerprint density at radius 3 is 3.00 bits per heavy atom. The molecule has 20 heavy (non-hydrogen) atoms. The van der Waals surface area contributed by atoms with Crippen LogP contribution in [0, 0.1) is 0 Å². The molecule has 1 aromatic rings. The van der Waals surface area contributed by atoms with E-state index in [1.807, 2.05) is 18.2 Å². The van der Waals surface area contributed by atoms with Crippen LogP contribution in [0.15, 0.2) is 18.2 Å². The fourth-order valence-corrected chi connectivity index (χ4v) is 3.62. The van der Waals surface area contributed by atoms with E-state index in [2.05, 4.69) is 4.90 Å². The number of benzene rings is 1. The van der Waals surface area contributed by atoms with Crippen LogP contribution in [-0.2, 0) is 0 Å². The number of hydrogen-bond donors (Lipinski definition) is 1. The van der Waals surface area contributed by atoms with E-state index in [-0.39, 0.29) is 5.60 Å². The van der Waals surface area contributed by atoms with Crippen LogP contribution in [0.3, 0.4) is 0 Å². The summed E-state index contributed by atoms with van der Waals surface area (Å²) < 4.78 is 11.5. The highest BCUT2D eigenvalue weighted by Crippen LogP contribution is 2.46. The number of nitrogens with zero attached hydrogens (tertiary/aromatic N) is 1. The molecular formula is C16H21NO3. The van der Waals surface area contributed by atoms with Crippen molar-refractivity contribution in [3.05, 3.63) is 23.8 Å². The average molecular weight is 275 g/mol. The summed E-state index contributed by atoms with van der Waals surface area (Å²) in [5.41, 5.74) is 0.670. The highest BCUT2D eigenvalue weighted by atomic mass is 16.5. The van der Waals surface area contributed by atoms with E-state index < -0.39 is 6.10 Å². The quantitative estimate of drug-likeness (QED) is 0.897. The molecule has 1 saturated heterocycles. The van der Waals surface area contributed by atoms with Gasteiger partial charge in [0.15, 0.2) is 0 Å². The molecule has 0 amide bonds. The number of rotatable bonds is 2. The Kier molecular flexibility index (Phi) is 2.72. The molecule has 4 rings (SSSR count). The van der Waals surface area contributed by atoms with Crippen molar-refractivity contribution < 1.29 is 14.6 Å². The van der Waals surface area contributed by atoms with Gasteiger partial charge in [-0.2, -0.15) is 0 Å². The summed E-state index contributed by atoms with van der Waals surface area (Å²) in [5, 5.41) is 10.5. The molecule has 1 spiro atoms. The van der Waals surface area contributed by atoms with Crippen LogP contribution < -0.4 is 9.47 Å². The Balaban J connectivity index is 1.60. The van der Waals surface area contributed by atoms with Gasteiger partial charge in [0.2, 0.25) is 0 Å². The molecule has 1 aliphatic carbocycles. The van der Waals surface area contributed by atoms with Crippen molar-refractivity contribution in [1.29, 1.82) is 0 Å². The average Bonchev–Trinajstić information content (AvgIpc) is 3.22. The second-order valence-corrected chi connectivity index (χ2v) is 6.36. The van der Waals surface area contributed by atoms with Gasteiger partial charge in [-0.3, -0.25) is 4.90 Å². The summed E-state index contributed by atoms with van der Waals surface area (Å²) in [6.45, 7) is 2.06. The van der Waals surface area contributed by atoms with Gasteiger partial charge in [0.05, 0.1) is 13.2 Å². The van der Waals surface area contributed by atoms with Gasteiger partial charge < -0.3 is 14.6 Å². The molecule has 2 atom stereocenters. The van der Waals surface area contributed by atoms with E-state index in [9.17, 15) is 5.11 Å². The van der Waals surface area contributed by atoms with Crippen LogP contribution in [-0.4, -0.2) is 41.8 Å². The first-order chi connectivity index (χ1) is 9.69. The van der Waals surface area contributed by atoms with Crippen molar-refractivity contribution >= 4 is 0 Å². The number of hydrogen-bond acceptors (Lipinski definition) is 4. The highest BCUT2D eigenvalue weighted by molar-refractivity contribution is 5.44.